The molecule has 1 aromatic rings. The summed E-state index contributed by atoms with van der Waals surface area (Å²) in [6.07, 6.45) is 19.4. The van der Waals surface area contributed by atoms with Crippen LogP contribution in [0.4, 0.5) is 0 Å². The summed E-state index contributed by atoms with van der Waals surface area (Å²) in [4.78, 5) is 0. The molecular formula is C24H36O. The lowest BCUT2D eigenvalue weighted by Gasteiger charge is -2.54. The van der Waals surface area contributed by atoms with E-state index in [1.165, 1.54) is 70.6 Å². The van der Waals surface area contributed by atoms with E-state index >= 15 is 0 Å². The number of hydrogen-bond acceptors (Lipinski definition) is 1. The Labute approximate surface area is 154 Å². The van der Waals surface area contributed by atoms with Gasteiger partial charge in [0.1, 0.15) is 12.4 Å². The maximum absolute atomic E-state index is 5.87. The smallest absolute Gasteiger partial charge is 0.119 e. The Kier molecular flexibility index (Phi) is 6.25. The van der Waals surface area contributed by atoms with Gasteiger partial charge in [0.05, 0.1) is 0 Å². The predicted octanol–water partition coefficient (Wildman–Crippen LogP) is 7.20. The minimum absolute atomic E-state index is 0.466. The second-order valence-corrected chi connectivity index (χ2v) is 8.48. The van der Waals surface area contributed by atoms with Crippen LogP contribution in [0.25, 0.3) is 0 Å². The average Bonchev–Trinajstić information content (AvgIpc) is 2.67. The Bertz CT molecular complexity index is 529. The minimum Gasteiger partial charge on any atom is -0.490 e. The van der Waals surface area contributed by atoms with Gasteiger partial charge in [-0.15, -0.1) is 0 Å². The van der Waals surface area contributed by atoms with Gasteiger partial charge in [-0.1, -0.05) is 57.4 Å². The van der Waals surface area contributed by atoms with Crippen LogP contribution in [0.1, 0.15) is 90.0 Å². The van der Waals surface area contributed by atoms with Crippen molar-refractivity contribution in [3.63, 3.8) is 0 Å². The van der Waals surface area contributed by atoms with E-state index in [0.29, 0.717) is 17.4 Å². The molecule has 3 fully saturated rings. The lowest BCUT2D eigenvalue weighted by molar-refractivity contribution is 0.0320. The van der Waals surface area contributed by atoms with E-state index in [1.807, 2.05) is 0 Å². The summed E-state index contributed by atoms with van der Waals surface area (Å²) >= 11 is 0. The molecule has 4 rings (SSSR count). The van der Waals surface area contributed by atoms with Gasteiger partial charge in [-0.25, -0.2) is 0 Å². The van der Waals surface area contributed by atoms with Crippen molar-refractivity contribution in [1.82, 2.24) is 0 Å². The molecule has 0 aliphatic heterocycles. The molecule has 0 spiro atoms. The van der Waals surface area contributed by atoms with Crippen LogP contribution in [-0.4, -0.2) is 6.61 Å². The Morgan fingerprint density at radius 3 is 2.16 bits per heavy atom. The average molecular weight is 341 g/mol. The Hall–Kier alpha value is -1.24. The van der Waals surface area contributed by atoms with Crippen molar-refractivity contribution < 1.29 is 4.74 Å². The summed E-state index contributed by atoms with van der Waals surface area (Å²) in [5.74, 6) is 1.01. The van der Waals surface area contributed by atoms with Gasteiger partial charge >= 0.3 is 0 Å². The summed E-state index contributed by atoms with van der Waals surface area (Å²) in [7, 11) is 0. The van der Waals surface area contributed by atoms with Gasteiger partial charge in [-0.2, -0.15) is 0 Å². The van der Waals surface area contributed by atoms with E-state index in [-0.39, 0.29) is 0 Å². The standard InChI is InChI=1S/C24H36O/c1-3-5-6-7-8-20-25-22-11-9-21(10-12-22)24-17-14-23(13-4-2,15-18-24)16-19-24/h7-12H,3-6,13-20H2,1-2H3. The van der Waals surface area contributed by atoms with Crippen LogP contribution < -0.4 is 4.74 Å². The van der Waals surface area contributed by atoms with Crippen molar-refractivity contribution >= 4 is 0 Å². The third-order valence-electron chi connectivity index (χ3n) is 6.89. The molecule has 0 heterocycles. The van der Waals surface area contributed by atoms with Crippen LogP contribution >= 0.6 is 0 Å². The van der Waals surface area contributed by atoms with E-state index < -0.39 is 0 Å². The molecule has 0 N–H and O–H groups in total. The highest BCUT2D eigenvalue weighted by Gasteiger charge is 2.48. The second-order valence-electron chi connectivity index (χ2n) is 8.48. The van der Waals surface area contributed by atoms with E-state index in [1.54, 1.807) is 5.56 Å². The summed E-state index contributed by atoms with van der Waals surface area (Å²) < 4.78 is 5.87. The fourth-order valence-corrected chi connectivity index (χ4v) is 5.16. The van der Waals surface area contributed by atoms with Gasteiger partial charge in [0, 0.05) is 0 Å². The van der Waals surface area contributed by atoms with E-state index in [4.69, 9.17) is 4.74 Å². The summed E-state index contributed by atoms with van der Waals surface area (Å²) in [6.45, 7) is 5.27. The molecule has 0 aromatic heterocycles. The zero-order chi connectivity index (χ0) is 17.6. The lowest BCUT2D eigenvalue weighted by Crippen LogP contribution is -2.44. The summed E-state index contributed by atoms with van der Waals surface area (Å²) in [6, 6.07) is 9.06. The van der Waals surface area contributed by atoms with Crippen LogP contribution in [0.3, 0.4) is 0 Å². The highest BCUT2D eigenvalue weighted by Crippen LogP contribution is 2.59. The van der Waals surface area contributed by atoms with Gasteiger partial charge in [-0.3, -0.25) is 0 Å². The van der Waals surface area contributed by atoms with Gasteiger partial charge in [-0.05, 0) is 79.9 Å². The highest BCUT2D eigenvalue weighted by molar-refractivity contribution is 5.34. The molecule has 0 amide bonds. The zero-order valence-electron chi connectivity index (χ0n) is 16.4. The molecule has 1 heteroatoms. The molecule has 1 aromatic carbocycles. The number of allylic oxidation sites excluding steroid dienone is 1. The minimum atomic E-state index is 0.466. The molecule has 0 saturated heterocycles. The highest BCUT2D eigenvalue weighted by atomic mass is 16.5. The first kappa shape index (κ1) is 18.5. The molecular weight excluding hydrogens is 304 g/mol. The van der Waals surface area contributed by atoms with Crippen molar-refractivity contribution in [3.05, 3.63) is 42.0 Å². The van der Waals surface area contributed by atoms with Crippen molar-refractivity contribution in [1.29, 1.82) is 0 Å². The third-order valence-corrected chi connectivity index (χ3v) is 6.89. The number of rotatable bonds is 9. The van der Waals surface area contributed by atoms with Crippen molar-refractivity contribution in [2.24, 2.45) is 5.41 Å². The number of ether oxygens (including phenoxy) is 1. The maximum Gasteiger partial charge on any atom is 0.119 e. The zero-order valence-corrected chi connectivity index (χ0v) is 16.4. The van der Waals surface area contributed by atoms with Crippen LogP contribution in [0.15, 0.2) is 36.4 Å². The topological polar surface area (TPSA) is 9.23 Å². The van der Waals surface area contributed by atoms with Crippen molar-refractivity contribution in [2.45, 2.75) is 89.9 Å². The lowest BCUT2D eigenvalue weighted by atomic mass is 9.51. The molecule has 138 valence electrons. The van der Waals surface area contributed by atoms with E-state index in [0.717, 1.165) is 5.75 Å². The first-order chi connectivity index (χ1) is 12.2. The largest absolute Gasteiger partial charge is 0.490 e. The molecule has 2 bridgehead atoms. The normalized spacial score (nSPS) is 28.6. The van der Waals surface area contributed by atoms with Gasteiger partial charge < -0.3 is 4.74 Å². The second kappa shape index (κ2) is 8.43. The van der Waals surface area contributed by atoms with Gasteiger partial charge in [0.15, 0.2) is 0 Å². The molecule has 3 aliphatic carbocycles. The van der Waals surface area contributed by atoms with Crippen molar-refractivity contribution in [2.75, 3.05) is 6.61 Å². The number of benzene rings is 1. The SMILES string of the molecule is CCCCC=CCOc1ccc(C23CCC(CCC)(CC2)CC3)cc1. The maximum atomic E-state index is 5.87. The molecule has 3 saturated carbocycles. The Morgan fingerprint density at radius 2 is 1.56 bits per heavy atom. The first-order valence-corrected chi connectivity index (χ1v) is 10.6. The van der Waals surface area contributed by atoms with Crippen molar-refractivity contribution in [3.8, 4) is 5.75 Å². The van der Waals surface area contributed by atoms with Gasteiger partial charge in [0.25, 0.3) is 0 Å². The Morgan fingerprint density at radius 1 is 0.880 bits per heavy atom. The third kappa shape index (κ3) is 4.30. The fourth-order valence-electron chi connectivity index (χ4n) is 5.16. The fraction of sp³-hybridized carbons (Fsp3) is 0.667. The molecule has 25 heavy (non-hydrogen) atoms. The van der Waals surface area contributed by atoms with E-state index in [2.05, 4.69) is 50.3 Å². The predicted molar refractivity (Wildman–Crippen MR) is 107 cm³/mol. The van der Waals surface area contributed by atoms with Crippen LogP contribution in [0, 0.1) is 5.41 Å². The summed E-state index contributed by atoms with van der Waals surface area (Å²) in [5.41, 5.74) is 2.72. The van der Waals surface area contributed by atoms with Crippen LogP contribution in [0.5, 0.6) is 5.75 Å². The Balaban J connectivity index is 1.54. The first-order valence-electron chi connectivity index (χ1n) is 10.6. The quantitative estimate of drug-likeness (QED) is 0.341. The number of unbranched alkanes of at least 4 members (excludes halogenated alkanes) is 2. The van der Waals surface area contributed by atoms with Crippen LogP contribution in [-0.2, 0) is 5.41 Å². The van der Waals surface area contributed by atoms with Crippen LogP contribution in [0.2, 0.25) is 0 Å². The molecule has 0 atom stereocenters. The molecule has 0 unspecified atom stereocenters. The molecule has 3 aliphatic rings. The van der Waals surface area contributed by atoms with Gasteiger partial charge in [0.2, 0.25) is 0 Å². The summed E-state index contributed by atoms with van der Waals surface area (Å²) in [5, 5.41) is 0. The van der Waals surface area contributed by atoms with E-state index in [9.17, 15) is 0 Å². The molecule has 1 nitrogen and oxygen atoms in total. The monoisotopic (exact) mass is 340 g/mol. The molecule has 0 radical (unpaired) electrons. The number of hydrogen-bond donors (Lipinski definition) is 0. The number of fused-ring (bicyclic) bond motifs is 3.